The molecule has 1 aliphatic rings. The van der Waals surface area contributed by atoms with Crippen LogP contribution in [-0.2, 0) is 17.6 Å². The van der Waals surface area contributed by atoms with E-state index in [4.69, 9.17) is 0 Å². The quantitative estimate of drug-likeness (QED) is 0.857. The molecule has 1 amide bonds. The lowest BCUT2D eigenvalue weighted by molar-refractivity contribution is -0.120. The smallest absolute Gasteiger partial charge is 0.227 e. The lowest BCUT2D eigenvalue weighted by Gasteiger charge is -2.20. The number of nitrogens with zero attached hydrogens (tertiary/aromatic N) is 1. The van der Waals surface area contributed by atoms with Gasteiger partial charge in [0.2, 0.25) is 5.91 Å². The van der Waals surface area contributed by atoms with Gasteiger partial charge < -0.3 is 5.32 Å². The topological polar surface area (TPSA) is 42.0 Å². The van der Waals surface area contributed by atoms with Crippen LogP contribution < -0.4 is 5.32 Å². The minimum absolute atomic E-state index is 0.320. The van der Waals surface area contributed by atoms with Crippen LogP contribution in [0.25, 0.3) is 0 Å². The first-order valence-electron chi connectivity index (χ1n) is 6.85. The highest BCUT2D eigenvalue weighted by Gasteiger charge is 2.28. The van der Waals surface area contributed by atoms with Crippen LogP contribution in [0.2, 0.25) is 0 Å². The molecule has 2 aromatic rings. The number of fused-ring (bicyclic) bond motifs is 1. The Balaban J connectivity index is 1.75. The molecule has 0 saturated carbocycles. The van der Waals surface area contributed by atoms with Gasteiger partial charge in [-0.2, -0.15) is 0 Å². The number of halogens is 3. The summed E-state index contributed by atoms with van der Waals surface area (Å²) in [5.41, 5.74) is 0.681. The first kappa shape index (κ1) is 15.0. The van der Waals surface area contributed by atoms with Gasteiger partial charge in [-0.3, -0.25) is 4.79 Å². The van der Waals surface area contributed by atoms with Crippen molar-refractivity contribution in [3.63, 3.8) is 0 Å². The zero-order valence-corrected chi connectivity index (χ0v) is 12.6. The van der Waals surface area contributed by atoms with Gasteiger partial charge in [-0.1, -0.05) is 0 Å². The van der Waals surface area contributed by atoms with Crippen molar-refractivity contribution in [2.75, 3.05) is 5.32 Å². The maximum Gasteiger partial charge on any atom is 0.227 e. The van der Waals surface area contributed by atoms with Crippen molar-refractivity contribution >= 4 is 22.9 Å². The van der Waals surface area contributed by atoms with Gasteiger partial charge in [-0.25, -0.2) is 18.2 Å². The second-order valence-electron chi connectivity index (χ2n) is 5.25. The van der Waals surface area contributed by atoms with Crippen molar-refractivity contribution in [3.05, 3.63) is 45.2 Å². The average Bonchev–Trinajstić information content (AvgIpc) is 2.86. The lowest BCUT2D eigenvalue weighted by atomic mass is 9.90. The molecular weight excluding hydrogens is 313 g/mol. The summed E-state index contributed by atoms with van der Waals surface area (Å²) in [5.74, 6) is -4.94. The SMILES string of the molecule is Cc1nc2c(s1)CC(C(=O)Nc1ccc(F)c(F)c1F)CC2. The molecular formula is C15H13F3N2OS. The minimum Gasteiger partial charge on any atom is -0.323 e. The molecule has 0 fully saturated rings. The van der Waals surface area contributed by atoms with E-state index in [9.17, 15) is 18.0 Å². The Morgan fingerprint density at radius 3 is 2.86 bits per heavy atom. The Bertz CT molecular complexity index is 745. The van der Waals surface area contributed by atoms with E-state index >= 15 is 0 Å². The van der Waals surface area contributed by atoms with Gasteiger partial charge in [0.1, 0.15) is 0 Å². The highest BCUT2D eigenvalue weighted by molar-refractivity contribution is 7.11. The molecule has 3 rings (SSSR count). The average molecular weight is 326 g/mol. The van der Waals surface area contributed by atoms with Gasteiger partial charge >= 0.3 is 0 Å². The number of hydrogen-bond acceptors (Lipinski definition) is 3. The number of aromatic nitrogens is 1. The summed E-state index contributed by atoms with van der Waals surface area (Å²) in [6, 6.07) is 1.82. The Labute approximate surface area is 129 Å². The third-order valence-electron chi connectivity index (χ3n) is 3.71. The lowest BCUT2D eigenvalue weighted by Crippen LogP contribution is -2.28. The molecule has 1 heterocycles. The summed E-state index contributed by atoms with van der Waals surface area (Å²) >= 11 is 1.55. The summed E-state index contributed by atoms with van der Waals surface area (Å²) in [5, 5.41) is 3.31. The predicted octanol–water partition coefficient (Wildman–Crippen LogP) is 3.61. The van der Waals surface area contributed by atoms with E-state index in [-0.39, 0.29) is 17.5 Å². The monoisotopic (exact) mass is 326 g/mol. The summed E-state index contributed by atoms with van der Waals surface area (Å²) in [4.78, 5) is 17.7. The summed E-state index contributed by atoms with van der Waals surface area (Å²) in [6.45, 7) is 1.91. The van der Waals surface area contributed by atoms with Crippen molar-refractivity contribution in [2.45, 2.75) is 26.2 Å². The molecule has 1 N–H and O–H groups in total. The largest absolute Gasteiger partial charge is 0.323 e. The Morgan fingerprint density at radius 1 is 1.32 bits per heavy atom. The van der Waals surface area contributed by atoms with Crippen molar-refractivity contribution in [2.24, 2.45) is 5.92 Å². The van der Waals surface area contributed by atoms with Gasteiger partial charge in [-0.15, -0.1) is 11.3 Å². The fourth-order valence-corrected chi connectivity index (χ4v) is 3.65. The second-order valence-corrected chi connectivity index (χ2v) is 6.54. The fraction of sp³-hybridized carbons (Fsp3) is 0.333. The van der Waals surface area contributed by atoms with Gasteiger partial charge in [0.25, 0.3) is 0 Å². The number of benzene rings is 1. The minimum atomic E-state index is -1.58. The number of rotatable bonds is 2. The summed E-state index contributed by atoms with van der Waals surface area (Å²) < 4.78 is 39.7. The maximum absolute atomic E-state index is 13.6. The van der Waals surface area contributed by atoms with E-state index in [1.807, 2.05) is 6.92 Å². The third-order valence-corrected chi connectivity index (χ3v) is 4.75. The zero-order valence-electron chi connectivity index (χ0n) is 11.8. The molecule has 1 atom stereocenters. The molecule has 3 nitrogen and oxygen atoms in total. The van der Waals surface area contributed by atoms with Crippen LogP contribution in [0.5, 0.6) is 0 Å². The molecule has 116 valence electrons. The number of anilines is 1. The number of amides is 1. The Hall–Kier alpha value is -1.89. The Kier molecular flexibility index (Phi) is 3.90. The number of thiazole rings is 1. The first-order valence-corrected chi connectivity index (χ1v) is 7.67. The highest BCUT2D eigenvalue weighted by Crippen LogP contribution is 2.30. The van der Waals surface area contributed by atoms with E-state index in [1.54, 1.807) is 11.3 Å². The number of carbonyl (C=O) groups is 1. The highest BCUT2D eigenvalue weighted by atomic mass is 32.1. The standard InChI is InChI=1S/C15H13F3N2OS/c1-7-19-10-4-2-8(6-12(10)22-7)15(21)20-11-5-3-9(16)13(17)14(11)18/h3,5,8H,2,4,6H2,1H3,(H,20,21). The van der Waals surface area contributed by atoms with Crippen LogP contribution in [0.3, 0.4) is 0 Å². The fourth-order valence-electron chi connectivity index (χ4n) is 2.59. The molecule has 0 radical (unpaired) electrons. The van der Waals surface area contributed by atoms with Crippen molar-refractivity contribution in [1.82, 2.24) is 4.98 Å². The molecule has 0 aliphatic heterocycles. The molecule has 1 aromatic carbocycles. The number of aryl methyl sites for hydroxylation is 2. The molecule has 0 bridgehead atoms. The number of carbonyl (C=O) groups excluding carboxylic acids is 1. The van der Waals surface area contributed by atoms with Crippen molar-refractivity contribution in [1.29, 1.82) is 0 Å². The Morgan fingerprint density at radius 2 is 2.09 bits per heavy atom. The van der Waals surface area contributed by atoms with E-state index < -0.39 is 17.5 Å². The van der Waals surface area contributed by atoms with Crippen molar-refractivity contribution < 1.29 is 18.0 Å². The molecule has 7 heteroatoms. The van der Waals surface area contributed by atoms with Crippen LogP contribution >= 0.6 is 11.3 Å². The first-order chi connectivity index (χ1) is 10.5. The summed E-state index contributed by atoms with van der Waals surface area (Å²) in [7, 11) is 0. The van der Waals surface area contributed by atoms with Crippen LogP contribution in [0.4, 0.5) is 18.9 Å². The molecule has 1 aliphatic carbocycles. The van der Waals surface area contributed by atoms with E-state index in [1.165, 1.54) is 0 Å². The van der Waals surface area contributed by atoms with Crippen LogP contribution in [0, 0.1) is 30.3 Å². The van der Waals surface area contributed by atoms with Crippen LogP contribution in [-0.4, -0.2) is 10.9 Å². The van der Waals surface area contributed by atoms with E-state index in [0.29, 0.717) is 19.3 Å². The van der Waals surface area contributed by atoms with Gasteiger partial charge in [0.15, 0.2) is 17.5 Å². The van der Waals surface area contributed by atoms with Gasteiger partial charge in [-0.05, 0) is 38.3 Å². The maximum atomic E-state index is 13.6. The number of hydrogen-bond donors (Lipinski definition) is 1. The molecule has 0 spiro atoms. The third kappa shape index (κ3) is 2.72. The molecule has 1 aromatic heterocycles. The van der Waals surface area contributed by atoms with E-state index in [0.717, 1.165) is 27.7 Å². The summed E-state index contributed by atoms with van der Waals surface area (Å²) in [6.07, 6.45) is 1.84. The van der Waals surface area contributed by atoms with Crippen LogP contribution in [0.1, 0.15) is 22.0 Å². The zero-order chi connectivity index (χ0) is 15.9. The molecule has 1 unspecified atom stereocenters. The van der Waals surface area contributed by atoms with Gasteiger partial charge in [0, 0.05) is 10.8 Å². The molecule has 22 heavy (non-hydrogen) atoms. The molecule has 0 saturated heterocycles. The van der Waals surface area contributed by atoms with Crippen molar-refractivity contribution in [3.8, 4) is 0 Å². The van der Waals surface area contributed by atoms with Crippen LogP contribution in [0.15, 0.2) is 12.1 Å². The van der Waals surface area contributed by atoms with Gasteiger partial charge in [0.05, 0.1) is 16.4 Å². The number of nitrogens with one attached hydrogen (secondary N) is 1. The second kappa shape index (κ2) is 5.72. The predicted molar refractivity (Wildman–Crippen MR) is 77.3 cm³/mol. The normalized spacial score (nSPS) is 17.2. The van der Waals surface area contributed by atoms with E-state index in [2.05, 4.69) is 10.3 Å².